The summed E-state index contributed by atoms with van der Waals surface area (Å²) in [6, 6.07) is 7.37. The maximum atomic E-state index is 11.7. The molecule has 0 aliphatic heterocycles. The first-order valence-electron chi connectivity index (χ1n) is 9.15. The molecule has 4 N–H and O–H groups in total. The van der Waals surface area contributed by atoms with Gasteiger partial charge in [0, 0.05) is 5.56 Å². The first-order chi connectivity index (χ1) is 13.1. The van der Waals surface area contributed by atoms with Crippen LogP contribution in [0.25, 0.3) is 11.4 Å². The van der Waals surface area contributed by atoms with Crippen molar-refractivity contribution in [1.29, 1.82) is 0 Å². The zero-order valence-corrected chi connectivity index (χ0v) is 17.4. The van der Waals surface area contributed by atoms with E-state index in [0.717, 1.165) is 11.3 Å². The molecule has 8 nitrogen and oxygen atoms in total. The average Bonchev–Trinajstić information content (AvgIpc) is 2.59. The van der Waals surface area contributed by atoms with Crippen LogP contribution in [0.15, 0.2) is 36.7 Å². The Morgan fingerprint density at radius 2 is 1.64 bits per heavy atom. The highest BCUT2D eigenvalue weighted by atomic mass is 31.2. The third kappa shape index (κ3) is 6.56. The molecule has 0 aliphatic carbocycles. The quantitative estimate of drug-likeness (QED) is 0.367. The molecule has 2 atom stereocenters. The molecule has 0 bridgehead atoms. The number of nitrogens with zero attached hydrogens (tertiary/aromatic N) is 2. The SMILES string of the molecule is CC(C)CC(C(O)Nc1cnc(-c2ccc(OC(C)C)cc2)nc1)P(=O)(O)O. The van der Waals surface area contributed by atoms with E-state index in [1.807, 2.05) is 52.0 Å². The topological polar surface area (TPSA) is 125 Å². The van der Waals surface area contributed by atoms with E-state index in [-0.39, 0.29) is 18.4 Å². The molecule has 1 aromatic carbocycles. The molecule has 0 fully saturated rings. The van der Waals surface area contributed by atoms with Gasteiger partial charge in [0.2, 0.25) is 0 Å². The predicted octanol–water partition coefficient (Wildman–Crippen LogP) is 3.25. The van der Waals surface area contributed by atoms with Crippen LogP contribution < -0.4 is 10.1 Å². The number of aliphatic hydroxyl groups is 1. The molecule has 0 saturated heterocycles. The van der Waals surface area contributed by atoms with Crippen molar-refractivity contribution in [3.8, 4) is 17.1 Å². The molecule has 0 radical (unpaired) electrons. The van der Waals surface area contributed by atoms with Gasteiger partial charge in [-0.3, -0.25) is 4.57 Å². The van der Waals surface area contributed by atoms with Crippen molar-refractivity contribution in [2.24, 2.45) is 5.92 Å². The lowest BCUT2D eigenvalue weighted by Crippen LogP contribution is -2.34. The first-order valence-corrected chi connectivity index (χ1v) is 10.8. The standard InChI is InChI=1S/C19H28N3O5P/c1-12(2)9-17(28(24,25)26)19(23)22-15-10-20-18(21-11-15)14-5-7-16(8-6-14)27-13(3)4/h5-8,10-13,17,19,22-23H,9H2,1-4H3,(H2,24,25,26). The Balaban J connectivity index is 2.08. The third-order valence-corrected chi connectivity index (χ3v) is 5.32. The van der Waals surface area contributed by atoms with Crippen LogP contribution in [-0.2, 0) is 4.57 Å². The molecule has 0 aliphatic rings. The number of hydrogen-bond acceptors (Lipinski definition) is 6. The fraction of sp³-hybridized carbons (Fsp3) is 0.474. The van der Waals surface area contributed by atoms with Gasteiger partial charge in [-0.1, -0.05) is 13.8 Å². The maximum Gasteiger partial charge on any atom is 0.333 e. The molecule has 2 aromatic rings. The molecular formula is C19H28N3O5P. The predicted molar refractivity (Wildman–Crippen MR) is 108 cm³/mol. The third-order valence-electron chi connectivity index (χ3n) is 3.96. The molecule has 2 unspecified atom stereocenters. The summed E-state index contributed by atoms with van der Waals surface area (Å²) >= 11 is 0. The zero-order valence-electron chi connectivity index (χ0n) is 16.5. The smallest absolute Gasteiger partial charge is 0.333 e. The van der Waals surface area contributed by atoms with Gasteiger partial charge in [0.1, 0.15) is 17.6 Å². The fourth-order valence-electron chi connectivity index (χ4n) is 2.71. The van der Waals surface area contributed by atoms with Gasteiger partial charge in [-0.05, 0) is 50.5 Å². The minimum Gasteiger partial charge on any atom is -0.491 e. The molecule has 0 amide bonds. The highest BCUT2D eigenvalue weighted by molar-refractivity contribution is 7.52. The second-order valence-electron chi connectivity index (χ2n) is 7.36. The van der Waals surface area contributed by atoms with E-state index in [2.05, 4.69) is 15.3 Å². The summed E-state index contributed by atoms with van der Waals surface area (Å²) in [6.45, 7) is 7.58. The number of aliphatic hydroxyl groups excluding tert-OH is 1. The molecule has 1 aromatic heterocycles. The Labute approximate surface area is 165 Å². The zero-order chi connectivity index (χ0) is 20.9. The van der Waals surface area contributed by atoms with Crippen LogP contribution in [0.1, 0.15) is 34.1 Å². The Morgan fingerprint density at radius 1 is 1.07 bits per heavy atom. The van der Waals surface area contributed by atoms with E-state index >= 15 is 0 Å². The molecule has 2 rings (SSSR count). The lowest BCUT2D eigenvalue weighted by molar-refractivity contribution is 0.172. The van der Waals surface area contributed by atoms with Crippen molar-refractivity contribution in [3.63, 3.8) is 0 Å². The molecule has 0 saturated carbocycles. The molecule has 9 heteroatoms. The van der Waals surface area contributed by atoms with Gasteiger partial charge >= 0.3 is 7.60 Å². The number of hydrogen-bond donors (Lipinski definition) is 4. The van der Waals surface area contributed by atoms with Gasteiger partial charge in [-0.15, -0.1) is 0 Å². The largest absolute Gasteiger partial charge is 0.491 e. The Hall–Kier alpha value is -1.99. The first kappa shape index (κ1) is 22.3. The van der Waals surface area contributed by atoms with Crippen LogP contribution in [0.4, 0.5) is 5.69 Å². The number of rotatable bonds is 9. The van der Waals surface area contributed by atoms with Gasteiger partial charge in [0.05, 0.1) is 24.2 Å². The van der Waals surface area contributed by atoms with Crippen molar-refractivity contribution in [2.45, 2.75) is 52.1 Å². The van der Waals surface area contributed by atoms with Crippen molar-refractivity contribution >= 4 is 13.3 Å². The summed E-state index contributed by atoms with van der Waals surface area (Å²) in [4.78, 5) is 27.5. The number of benzene rings is 1. The van der Waals surface area contributed by atoms with Crippen LogP contribution in [0.3, 0.4) is 0 Å². The molecule has 154 valence electrons. The number of ether oxygens (including phenoxy) is 1. The normalized spacial score (nSPS) is 14.2. The summed E-state index contributed by atoms with van der Waals surface area (Å²) in [6.07, 6.45) is 1.80. The Bertz CT molecular complexity index is 790. The minimum atomic E-state index is -4.46. The van der Waals surface area contributed by atoms with E-state index in [0.29, 0.717) is 11.5 Å². The minimum absolute atomic E-state index is 0.0235. The summed E-state index contributed by atoms with van der Waals surface area (Å²) < 4.78 is 17.3. The monoisotopic (exact) mass is 409 g/mol. The van der Waals surface area contributed by atoms with E-state index in [1.54, 1.807) is 0 Å². The van der Waals surface area contributed by atoms with Crippen LogP contribution in [0.2, 0.25) is 0 Å². The maximum absolute atomic E-state index is 11.7. The summed E-state index contributed by atoms with van der Waals surface area (Å²) in [5.74, 6) is 1.27. The van der Waals surface area contributed by atoms with Crippen molar-refractivity contribution in [1.82, 2.24) is 9.97 Å². The van der Waals surface area contributed by atoms with Crippen LogP contribution >= 0.6 is 7.60 Å². The number of anilines is 1. The van der Waals surface area contributed by atoms with Gasteiger partial charge in [-0.25, -0.2) is 9.97 Å². The van der Waals surface area contributed by atoms with E-state index < -0.39 is 19.5 Å². The van der Waals surface area contributed by atoms with Crippen molar-refractivity contribution in [3.05, 3.63) is 36.7 Å². The van der Waals surface area contributed by atoms with Gasteiger partial charge < -0.3 is 24.9 Å². The van der Waals surface area contributed by atoms with E-state index in [1.165, 1.54) is 12.4 Å². The molecule has 1 heterocycles. The van der Waals surface area contributed by atoms with Gasteiger partial charge in [0.15, 0.2) is 5.82 Å². The Morgan fingerprint density at radius 3 is 2.11 bits per heavy atom. The summed E-state index contributed by atoms with van der Waals surface area (Å²) in [5.41, 5.74) is -0.0324. The van der Waals surface area contributed by atoms with E-state index in [9.17, 15) is 19.5 Å². The van der Waals surface area contributed by atoms with Crippen molar-refractivity contribution < 1.29 is 24.2 Å². The number of aromatic nitrogens is 2. The van der Waals surface area contributed by atoms with E-state index in [4.69, 9.17) is 4.74 Å². The summed E-state index contributed by atoms with van der Waals surface area (Å²) in [5, 5.41) is 12.9. The average molecular weight is 409 g/mol. The van der Waals surface area contributed by atoms with Crippen molar-refractivity contribution in [2.75, 3.05) is 5.32 Å². The van der Waals surface area contributed by atoms with Gasteiger partial charge in [0.25, 0.3) is 0 Å². The van der Waals surface area contributed by atoms with Gasteiger partial charge in [-0.2, -0.15) is 0 Å². The second-order valence-corrected chi connectivity index (χ2v) is 9.20. The van der Waals surface area contributed by atoms with Crippen LogP contribution in [-0.4, -0.2) is 42.9 Å². The lowest BCUT2D eigenvalue weighted by atomic mass is 10.1. The van der Waals surface area contributed by atoms with Crippen LogP contribution in [0.5, 0.6) is 5.75 Å². The summed E-state index contributed by atoms with van der Waals surface area (Å²) in [7, 11) is -4.46. The lowest BCUT2D eigenvalue weighted by Gasteiger charge is -2.26. The molecular weight excluding hydrogens is 381 g/mol. The van der Waals surface area contributed by atoms with Crippen LogP contribution in [0, 0.1) is 5.92 Å². The molecule has 28 heavy (non-hydrogen) atoms. The highest BCUT2D eigenvalue weighted by Gasteiger charge is 2.36. The second kappa shape index (κ2) is 9.47. The number of nitrogens with one attached hydrogen (secondary N) is 1. The Kier molecular flexibility index (Phi) is 7.55. The highest BCUT2D eigenvalue weighted by Crippen LogP contribution is 2.46. The molecule has 0 spiro atoms. The fourth-order valence-corrected chi connectivity index (χ4v) is 3.85.